The van der Waals surface area contributed by atoms with Crippen LogP contribution in [0.5, 0.6) is 0 Å². The minimum atomic E-state index is -0.985. The highest BCUT2D eigenvalue weighted by Crippen LogP contribution is 2.28. The highest BCUT2D eigenvalue weighted by Gasteiger charge is 2.17. The Kier molecular flexibility index (Phi) is 2.55. The molecule has 0 aliphatic carbocycles. The Labute approximate surface area is 90.2 Å². The third-order valence-electron chi connectivity index (χ3n) is 1.95. The van der Waals surface area contributed by atoms with Crippen molar-refractivity contribution in [2.75, 3.05) is 0 Å². The van der Waals surface area contributed by atoms with Gasteiger partial charge in [0.15, 0.2) is 16.5 Å². The zero-order valence-corrected chi connectivity index (χ0v) is 8.87. The SMILES string of the molecule is CCc1sc(-c2ccco2)nc1C(=O)O. The van der Waals surface area contributed by atoms with E-state index in [1.54, 1.807) is 18.4 Å². The van der Waals surface area contributed by atoms with Gasteiger partial charge in [-0.3, -0.25) is 0 Å². The zero-order chi connectivity index (χ0) is 10.8. The molecule has 0 spiro atoms. The van der Waals surface area contributed by atoms with Crippen molar-refractivity contribution in [1.82, 2.24) is 4.98 Å². The van der Waals surface area contributed by atoms with Crippen LogP contribution in [0, 0.1) is 0 Å². The van der Waals surface area contributed by atoms with Gasteiger partial charge in [-0.1, -0.05) is 6.92 Å². The average molecular weight is 223 g/mol. The predicted molar refractivity (Wildman–Crippen MR) is 56.2 cm³/mol. The van der Waals surface area contributed by atoms with Crippen LogP contribution in [0.2, 0.25) is 0 Å². The van der Waals surface area contributed by atoms with Gasteiger partial charge in [0.2, 0.25) is 0 Å². The molecule has 1 N–H and O–H groups in total. The predicted octanol–water partition coefficient (Wildman–Crippen LogP) is 2.66. The van der Waals surface area contributed by atoms with Gasteiger partial charge in [0.1, 0.15) is 0 Å². The summed E-state index contributed by atoms with van der Waals surface area (Å²) in [5.41, 5.74) is 0.133. The first-order chi connectivity index (χ1) is 7.22. The molecule has 2 heterocycles. The molecule has 2 rings (SSSR count). The van der Waals surface area contributed by atoms with Crippen LogP contribution in [0.25, 0.3) is 10.8 Å². The fourth-order valence-corrected chi connectivity index (χ4v) is 2.23. The van der Waals surface area contributed by atoms with Crippen LogP contribution in [-0.2, 0) is 6.42 Å². The molecule has 2 aromatic rings. The molecule has 0 atom stereocenters. The lowest BCUT2D eigenvalue weighted by Gasteiger charge is -1.89. The van der Waals surface area contributed by atoms with Gasteiger partial charge in [0, 0.05) is 4.88 Å². The molecule has 78 valence electrons. The first kappa shape index (κ1) is 9.92. The summed E-state index contributed by atoms with van der Waals surface area (Å²) < 4.78 is 5.17. The van der Waals surface area contributed by atoms with Crippen molar-refractivity contribution in [3.8, 4) is 10.8 Å². The number of furan rings is 1. The van der Waals surface area contributed by atoms with E-state index in [2.05, 4.69) is 4.98 Å². The third-order valence-corrected chi connectivity index (χ3v) is 3.17. The van der Waals surface area contributed by atoms with E-state index in [4.69, 9.17) is 9.52 Å². The zero-order valence-electron chi connectivity index (χ0n) is 8.06. The highest BCUT2D eigenvalue weighted by molar-refractivity contribution is 7.15. The van der Waals surface area contributed by atoms with Crippen LogP contribution in [-0.4, -0.2) is 16.1 Å². The van der Waals surface area contributed by atoms with Crippen molar-refractivity contribution >= 4 is 17.3 Å². The Morgan fingerprint density at radius 1 is 1.67 bits per heavy atom. The molecular formula is C10H9NO3S. The Morgan fingerprint density at radius 3 is 2.93 bits per heavy atom. The Balaban J connectivity index is 2.48. The molecule has 0 bridgehead atoms. The Hall–Kier alpha value is -1.62. The molecule has 5 heteroatoms. The Morgan fingerprint density at radius 2 is 2.47 bits per heavy atom. The molecule has 0 aliphatic heterocycles. The van der Waals surface area contributed by atoms with Gasteiger partial charge in [-0.05, 0) is 18.6 Å². The van der Waals surface area contributed by atoms with Crippen LogP contribution in [0.1, 0.15) is 22.3 Å². The second kappa shape index (κ2) is 3.86. The number of rotatable bonds is 3. The van der Waals surface area contributed by atoms with Gasteiger partial charge in [-0.2, -0.15) is 0 Å². The molecular weight excluding hydrogens is 214 g/mol. The third kappa shape index (κ3) is 1.78. The van der Waals surface area contributed by atoms with E-state index in [0.29, 0.717) is 17.2 Å². The minimum absolute atomic E-state index is 0.133. The summed E-state index contributed by atoms with van der Waals surface area (Å²) in [5, 5.41) is 9.54. The number of carboxylic acids is 1. The second-order valence-electron chi connectivity index (χ2n) is 2.93. The molecule has 0 unspecified atom stereocenters. The highest BCUT2D eigenvalue weighted by atomic mass is 32.1. The summed E-state index contributed by atoms with van der Waals surface area (Å²) in [4.78, 5) is 15.7. The smallest absolute Gasteiger partial charge is 0.355 e. The van der Waals surface area contributed by atoms with Crippen molar-refractivity contribution in [3.63, 3.8) is 0 Å². The average Bonchev–Trinajstić information content (AvgIpc) is 2.86. The number of hydrogen-bond acceptors (Lipinski definition) is 4. The maximum atomic E-state index is 10.9. The van der Waals surface area contributed by atoms with Crippen LogP contribution in [0.4, 0.5) is 0 Å². The standard InChI is InChI=1S/C10H9NO3S/c1-2-7-8(10(12)13)11-9(15-7)6-4-3-5-14-6/h3-5H,2H2,1H3,(H,12,13). The molecule has 0 aliphatic rings. The van der Waals surface area contributed by atoms with Crippen LogP contribution in [0.15, 0.2) is 22.8 Å². The van der Waals surface area contributed by atoms with Gasteiger partial charge in [0.25, 0.3) is 0 Å². The van der Waals surface area contributed by atoms with Crippen LogP contribution < -0.4 is 0 Å². The number of thiazole rings is 1. The normalized spacial score (nSPS) is 10.5. The number of aryl methyl sites for hydroxylation is 1. The molecule has 4 nitrogen and oxygen atoms in total. The summed E-state index contributed by atoms with van der Waals surface area (Å²) in [6.07, 6.45) is 2.21. The summed E-state index contributed by atoms with van der Waals surface area (Å²) in [5.74, 6) is -0.372. The fourth-order valence-electron chi connectivity index (χ4n) is 1.26. The molecule has 0 saturated carbocycles. The van der Waals surface area contributed by atoms with E-state index in [-0.39, 0.29) is 5.69 Å². The van der Waals surface area contributed by atoms with Crippen molar-refractivity contribution in [3.05, 3.63) is 29.0 Å². The molecule has 15 heavy (non-hydrogen) atoms. The topological polar surface area (TPSA) is 63.3 Å². The lowest BCUT2D eigenvalue weighted by molar-refractivity contribution is 0.0690. The van der Waals surface area contributed by atoms with E-state index in [1.165, 1.54) is 11.3 Å². The summed E-state index contributed by atoms with van der Waals surface area (Å²) >= 11 is 1.36. The summed E-state index contributed by atoms with van der Waals surface area (Å²) in [6, 6.07) is 3.52. The van der Waals surface area contributed by atoms with Gasteiger partial charge < -0.3 is 9.52 Å². The molecule has 0 saturated heterocycles. The first-order valence-corrected chi connectivity index (χ1v) is 5.31. The molecule has 0 aromatic carbocycles. The molecule has 0 fully saturated rings. The van der Waals surface area contributed by atoms with E-state index in [0.717, 1.165) is 4.88 Å². The van der Waals surface area contributed by atoms with Gasteiger partial charge in [0.05, 0.1) is 6.26 Å². The van der Waals surface area contributed by atoms with E-state index < -0.39 is 5.97 Å². The summed E-state index contributed by atoms with van der Waals surface area (Å²) in [6.45, 7) is 1.91. The van der Waals surface area contributed by atoms with Crippen LogP contribution >= 0.6 is 11.3 Å². The lowest BCUT2D eigenvalue weighted by atomic mass is 10.3. The molecule has 0 radical (unpaired) electrons. The van der Waals surface area contributed by atoms with E-state index in [1.807, 2.05) is 6.92 Å². The van der Waals surface area contributed by atoms with Crippen LogP contribution in [0.3, 0.4) is 0 Å². The number of aromatic carboxylic acids is 1. The van der Waals surface area contributed by atoms with Crippen molar-refractivity contribution in [2.45, 2.75) is 13.3 Å². The number of carbonyl (C=O) groups is 1. The summed E-state index contributed by atoms with van der Waals surface area (Å²) in [7, 11) is 0. The number of nitrogens with zero attached hydrogens (tertiary/aromatic N) is 1. The number of aromatic nitrogens is 1. The van der Waals surface area contributed by atoms with E-state index in [9.17, 15) is 4.79 Å². The number of hydrogen-bond donors (Lipinski definition) is 1. The fraction of sp³-hybridized carbons (Fsp3) is 0.200. The van der Waals surface area contributed by atoms with Gasteiger partial charge >= 0.3 is 5.97 Å². The maximum absolute atomic E-state index is 10.9. The number of carboxylic acid groups (broad SMARTS) is 1. The molecule has 2 aromatic heterocycles. The first-order valence-electron chi connectivity index (χ1n) is 4.49. The Bertz CT molecular complexity index is 473. The minimum Gasteiger partial charge on any atom is -0.476 e. The van der Waals surface area contributed by atoms with Crippen molar-refractivity contribution in [2.24, 2.45) is 0 Å². The van der Waals surface area contributed by atoms with E-state index >= 15 is 0 Å². The van der Waals surface area contributed by atoms with Gasteiger partial charge in [-0.15, -0.1) is 11.3 Å². The monoisotopic (exact) mass is 223 g/mol. The maximum Gasteiger partial charge on any atom is 0.355 e. The molecule has 0 amide bonds. The quantitative estimate of drug-likeness (QED) is 0.868. The van der Waals surface area contributed by atoms with Crippen molar-refractivity contribution in [1.29, 1.82) is 0 Å². The van der Waals surface area contributed by atoms with Gasteiger partial charge in [-0.25, -0.2) is 9.78 Å². The second-order valence-corrected chi connectivity index (χ2v) is 4.01. The van der Waals surface area contributed by atoms with Crippen molar-refractivity contribution < 1.29 is 14.3 Å². The largest absolute Gasteiger partial charge is 0.476 e. The lowest BCUT2D eigenvalue weighted by Crippen LogP contribution is -1.99.